The highest BCUT2D eigenvalue weighted by Crippen LogP contribution is 2.27. The molecule has 2 aromatic rings. The minimum atomic E-state index is -4.61. The number of ether oxygens (including phenoxy) is 1. The summed E-state index contributed by atoms with van der Waals surface area (Å²) >= 11 is 0. The van der Waals surface area contributed by atoms with Gasteiger partial charge < -0.3 is 10.2 Å². The van der Waals surface area contributed by atoms with Gasteiger partial charge in [0, 0.05) is 11.8 Å². The molecule has 2 heterocycles. The third kappa shape index (κ3) is 3.58. The lowest BCUT2D eigenvalue weighted by Gasteiger charge is -2.17. The molecule has 0 saturated carbocycles. The van der Waals surface area contributed by atoms with Crippen LogP contribution in [0.2, 0.25) is 0 Å². The van der Waals surface area contributed by atoms with Gasteiger partial charge in [0.25, 0.3) is 5.88 Å². The van der Waals surface area contributed by atoms with Crippen molar-refractivity contribution in [3.63, 3.8) is 0 Å². The van der Waals surface area contributed by atoms with Crippen molar-refractivity contribution in [2.24, 2.45) is 5.84 Å². The fraction of sp³-hybridized carbons (Fsp3) is 0.250. The number of nitrogens with zero attached hydrogens (tertiary/aromatic N) is 3. The number of nitrogens with two attached hydrogens (primary N) is 1. The Morgan fingerprint density at radius 3 is 2.41 bits per heavy atom. The summed E-state index contributed by atoms with van der Waals surface area (Å²) in [7, 11) is 0. The molecular weight excluding hydrogens is 306 g/mol. The molecule has 1 unspecified atom stereocenters. The molecule has 0 aliphatic rings. The Morgan fingerprint density at radius 1 is 1.18 bits per heavy atom. The van der Waals surface area contributed by atoms with Gasteiger partial charge in [0.15, 0.2) is 17.7 Å². The molecule has 0 aliphatic carbocycles. The van der Waals surface area contributed by atoms with Gasteiger partial charge >= 0.3 is 6.18 Å². The Balaban J connectivity index is 2.22. The van der Waals surface area contributed by atoms with Crippen LogP contribution in [-0.4, -0.2) is 27.2 Å². The van der Waals surface area contributed by atoms with Crippen LogP contribution >= 0.6 is 0 Å². The van der Waals surface area contributed by atoms with Gasteiger partial charge in [-0.25, -0.2) is 20.2 Å². The zero-order valence-electron chi connectivity index (χ0n) is 11.2. The number of nitrogen functional groups attached to an aromatic ring is 1. The van der Waals surface area contributed by atoms with Crippen molar-refractivity contribution in [2.75, 3.05) is 5.43 Å². The van der Waals surface area contributed by atoms with Crippen molar-refractivity contribution < 1.29 is 22.3 Å². The number of anilines is 1. The van der Waals surface area contributed by atoms with Gasteiger partial charge in [-0.3, -0.25) is 4.98 Å². The van der Waals surface area contributed by atoms with E-state index in [0.29, 0.717) is 5.82 Å². The Labute approximate surface area is 122 Å². The number of hydrazine groups is 1. The van der Waals surface area contributed by atoms with E-state index < -0.39 is 24.0 Å². The molecule has 2 aromatic heterocycles. The molecule has 10 heteroatoms. The van der Waals surface area contributed by atoms with E-state index in [2.05, 4.69) is 25.1 Å². The van der Waals surface area contributed by atoms with E-state index in [9.17, 15) is 17.6 Å². The number of pyridine rings is 1. The minimum Gasteiger partial charge on any atom is -0.463 e. The zero-order valence-corrected chi connectivity index (χ0v) is 11.2. The SMILES string of the molecule is CC(Oc1ncc(-c2cnc(NN)cn2)cc1F)C(F)(F)F. The number of nitrogens with one attached hydrogen (secondary N) is 1. The van der Waals surface area contributed by atoms with Crippen LogP contribution in [0.3, 0.4) is 0 Å². The van der Waals surface area contributed by atoms with E-state index in [-0.39, 0.29) is 11.3 Å². The number of rotatable bonds is 4. The predicted octanol–water partition coefficient (Wildman–Crippen LogP) is 2.29. The smallest absolute Gasteiger partial charge is 0.425 e. The number of alkyl halides is 3. The first-order valence-electron chi connectivity index (χ1n) is 5.99. The lowest BCUT2D eigenvalue weighted by Crippen LogP contribution is -2.31. The molecule has 6 nitrogen and oxygen atoms in total. The summed E-state index contributed by atoms with van der Waals surface area (Å²) in [5, 5.41) is 0. The lowest BCUT2D eigenvalue weighted by molar-refractivity contribution is -0.190. The number of halogens is 4. The van der Waals surface area contributed by atoms with Crippen molar-refractivity contribution in [3.8, 4) is 17.1 Å². The van der Waals surface area contributed by atoms with Crippen molar-refractivity contribution in [2.45, 2.75) is 19.2 Å². The topological polar surface area (TPSA) is 86.0 Å². The summed E-state index contributed by atoms with van der Waals surface area (Å²) in [6, 6.07) is 0.963. The largest absolute Gasteiger partial charge is 0.463 e. The van der Waals surface area contributed by atoms with Crippen LogP contribution in [-0.2, 0) is 0 Å². The average Bonchev–Trinajstić information content (AvgIpc) is 2.48. The maximum Gasteiger partial charge on any atom is 0.425 e. The van der Waals surface area contributed by atoms with E-state index in [0.717, 1.165) is 19.2 Å². The Bertz CT molecular complexity index is 647. The summed E-state index contributed by atoms with van der Waals surface area (Å²) < 4.78 is 55.4. The maximum absolute atomic E-state index is 13.8. The monoisotopic (exact) mass is 317 g/mol. The van der Waals surface area contributed by atoms with Gasteiger partial charge in [0.05, 0.1) is 18.1 Å². The highest BCUT2D eigenvalue weighted by atomic mass is 19.4. The van der Waals surface area contributed by atoms with Crippen LogP contribution in [0.15, 0.2) is 24.7 Å². The molecule has 0 spiro atoms. The second-order valence-electron chi connectivity index (χ2n) is 4.24. The quantitative estimate of drug-likeness (QED) is 0.511. The van der Waals surface area contributed by atoms with Crippen LogP contribution in [0.25, 0.3) is 11.3 Å². The maximum atomic E-state index is 13.8. The summed E-state index contributed by atoms with van der Waals surface area (Å²) in [6.45, 7) is 0.763. The van der Waals surface area contributed by atoms with Crippen LogP contribution < -0.4 is 16.0 Å². The van der Waals surface area contributed by atoms with Gasteiger partial charge in [-0.2, -0.15) is 13.2 Å². The van der Waals surface area contributed by atoms with Gasteiger partial charge in [-0.15, -0.1) is 0 Å². The van der Waals surface area contributed by atoms with Crippen molar-refractivity contribution in [1.29, 1.82) is 0 Å². The first-order chi connectivity index (χ1) is 10.3. The molecule has 0 radical (unpaired) electrons. The first-order valence-corrected chi connectivity index (χ1v) is 5.99. The highest BCUT2D eigenvalue weighted by Gasteiger charge is 2.38. The standard InChI is InChI=1S/C12H11F4N5O/c1-6(12(14,15)16)22-11-8(13)2-7(3-20-11)9-4-19-10(21-17)5-18-9/h2-6H,17H2,1H3,(H,19,21). The van der Waals surface area contributed by atoms with Crippen LogP contribution in [0.4, 0.5) is 23.4 Å². The van der Waals surface area contributed by atoms with Gasteiger partial charge in [0.2, 0.25) is 0 Å². The van der Waals surface area contributed by atoms with E-state index in [1.165, 1.54) is 12.4 Å². The number of hydrogen-bond donors (Lipinski definition) is 2. The first kappa shape index (κ1) is 15.9. The predicted molar refractivity (Wildman–Crippen MR) is 69.2 cm³/mol. The number of hydrogen-bond acceptors (Lipinski definition) is 6. The molecule has 0 aliphatic heterocycles. The fourth-order valence-electron chi connectivity index (χ4n) is 1.44. The van der Waals surface area contributed by atoms with E-state index in [1.807, 2.05) is 0 Å². The van der Waals surface area contributed by atoms with Crippen LogP contribution in [0.5, 0.6) is 5.88 Å². The second-order valence-corrected chi connectivity index (χ2v) is 4.24. The second kappa shape index (κ2) is 6.10. The van der Waals surface area contributed by atoms with Gasteiger partial charge in [-0.1, -0.05) is 0 Å². The van der Waals surface area contributed by atoms with Crippen molar-refractivity contribution >= 4 is 5.82 Å². The summed E-state index contributed by atoms with van der Waals surface area (Å²) in [4.78, 5) is 11.4. The van der Waals surface area contributed by atoms with Gasteiger partial charge in [-0.05, 0) is 13.0 Å². The highest BCUT2D eigenvalue weighted by molar-refractivity contribution is 5.58. The molecule has 0 amide bonds. The molecule has 0 fully saturated rings. The molecule has 22 heavy (non-hydrogen) atoms. The summed E-state index contributed by atoms with van der Waals surface area (Å²) in [6.07, 6.45) is -3.02. The fourth-order valence-corrected chi connectivity index (χ4v) is 1.44. The molecule has 3 N–H and O–H groups in total. The summed E-state index contributed by atoms with van der Waals surface area (Å²) in [5.41, 5.74) is 2.79. The minimum absolute atomic E-state index is 0.237. The Hall–Kier alpha value is -2.49. The lowest BCUT2D eigenvalue weighted by atomic mass is 10.2. The van der Waals surface area contributed by atoms with Crippen molar-refractivity contribution in [1.82, 2.24) is 15.0 Å². The molecule has 0 aromatic carbocycles. The van der Waals surface area contributed by atoms with E-state index >= 15 is 0 Å². The van der Waals surface area contributed by atoms with Crippen LogP contribution in [0.1, 0.15) is 6.92 Å². The summed E-state index contributed by atoms with van der Waals surface area (Å²) in [5.74, 6) is 3.67. The molecule has 1 atom stereocenters. The number of aromatic nitrogens is 3. The molecular formula is C12H11F4N5O. The van der Waals surface area contributed by atoms with E-state index in [1.54, 1.807) is 0 Å². The third-order valence-corrected chi connectivity index (χ3v) is 2.65. The average molecular weight is 317 g/mol. The van der Waals surface area contributed by atoms with Crippen molar-refractivity contribution in [3.05, 3.63) is 30.5 Å². The zero-order chi connectivity index (χ0) is 16.3. The normalized spacial score (nSPS) is 12.8. The van der Waals surface area contributed by atoms with E-state index in [4.69, 9.17) is 5.84 Å². The molecule has 0 saturated heterocycles. The van der Waals surface area contributed by atoms with Gasteiger partial charge in [0.1, 0.15) is 0 Å². The van der Waals surface area contributed by atoms with Crippen LogP contribution in [0, 0.1) is 5.82 Å². The Kier molecular flexibility index (Phi) is 4.40. The Morgan fingerprint density at radius 2 is 1.91 bits per heavy atom. The third-order valence-electron chi connectivity index (χ3n) is 2.65. The molecule has 2 rings (SSSR count). The molecule has 118 valence electrons. The molecule has 0 bridgehead atoms.